The molecule has 0 N–H and O–H groups in total. The van der Waals surface area contributed by atoms with Gasteiger partial charge >= 0.3 is 0 Å². The van der Waals surface area contributed by atoms with E-state index in [9.17, 15) is 0 Å². The van der Waals surface area contributed by atoms with Crippen LogP contribution in [-0.2, 0) is 15.9 Å². The number of benzene rings is 3. The highest BCUT2D eigenvalue weighted by Crippen LogP contribution is 3.01. The molecule has 158 valence electrons. The maximum Gasteiger partial charge on any atom is 0.128 e. The molecule has 8 aliphatic rings. The predicted octanol–water partition coefficient (Wildman–Crippen LogP) is 6.07. The minimum Gasteiger partial charge on any atom is -0.348 e. The van der Waals surface area contributed by atoms with Crippen LogP contribution in [0.25, 0.3) is 0 Å². The zero-order valence-electron chi connectivity index (χ0n) is 18.3. The molecule has 2 aliphatic heterocycles. The molecule has 3 aromatic carbocycles. The first-order valence-corrected chi connectivity index (χ1v) is 12.6. The molecule has 0 radical (unpaired) electrons. The SMILES string of the molecule is C1=C[C@H]2C3C4[C@H]5C=C[C@@H]4C4([C@H]13)C52[C@@]1(c2ccccc2)O[C@]4(c2ccccc2)c2ccccc21. The van der Waals surface area contributed by atoms with Crippen LogP contribution in [-0.4, -0.2) is 0 Å². The fourth-order valence-corrected chi connectivity index (χ4v) is 11.6. The standard InChI is InChI=1S/C32H24O/c1-3-9-19(10-4-1)31-21-13-7-8-14-22(21)32(33-31,20-11-5-2-6-12-20)30-25-17-15-23-27(25)28-24(29(23,30)31)16-18-26(28)30/h1-18,23-28H/t23-,24+,25+,26-,27?,28?,29?,30?,31-,32+. The van der Waals surface area contributed by atoms with E-state index in [0.717, 1.165) is 11.8 Å². The first kappa shape index (κ1) is 16.7. The van der Waals surface area contributed by atoms with Crippen molar-refractivity contribution in [3.8, 4) is 0 Å². The summed E-state index contributed by atoms with van der Waals surface area (Å²) in [6.45, 7) is 0. The number of ether oxygens (including phenoxy) is 1. The van der Waals surface area contributed by atoms with Gasteiger partial charge in [0.05, 0.1) is 0 Å². The summed E-state index contributed by atoms with van der Waals surface area (Å²) in [5.41, 5.74) is 4.97. The molecule has 10 bridgehead atoms. The van der Waals surface area contributed by atoms with Crippen LogP contribution < -0.4 is 0 Å². The first-order valence-electron chi connectivity index (χ1n) is 12.6. The van der Waals surface area contributed by atoms with Gasteiger partial charge in [0, 0.05) is 10.8 Å². The number of allylic oxidation sites excluding steroid dienone is 4. The largest absolute Gasteiger partial charge is 0.348 e. The zero-order valence-corrected chi connectivity index (χ0v) is 18.3. The summed E-state index contributed by atoms with van der Waals surface area (Å²) in [6, 6.07) is 31.8. The number of rotatable bonds is 2. The third kappa shape index (κ3) is 1.17. The monoisotopic (exact) mass is 424 g/mol. The Hall–Kier alpha value is -2.90. The van der Waals surface area contributed by atoms with Crippen LogP contribution in [0, 0.1) is 46.3 Å². The number of hydrogen-bond acceptors (Lipinski definition) is 1. The van der Waals surface area contributed by atoms with E-state index in [1.807, 2.05) is 0 Å². The molecule has 1 nitrogen and oxygen atoms in total. The van der Waals surface area contributed by atoms with Gasteiger partial charge < -0.3 is 4.74 Å². The molecule has 2 spiro atoms. The van der Waals surface area contributed by atoms with E-state index < -0.39 is 11.2 Å². The average molecular weight is 425 g/mol. The Morgan fingerprint density at radius 1 is 0.455 bits per heavy atom. The second kappa shape index (κ2) is 4.68. The second-order valence-corrected chi connectivity index (χ2v) is 11.5. The molecule has 2 heterocycles. The Morgan fingerprint density at radius 2 is 0.818 bits per heavy atom. The molecular weight excluding hydrogens is 400 g/mol. The van der Waals surface area contributed by atoms with Gasteiger partial charge in [-0.3, -0.25) is 0 Å². The van der Waals surface area contributed by atoms with E-state index in [2.05, 4.69) is 109 Å². The summed E-state index contributed by atoms with van der Waals surface area (Å²) in [4.78, 5) is 0. The average Bonchev–Trinajstić information content (AvgIpc) is 3.72. The van der Waals surface area contributed by atoms with Crippen molar-refractivity contribution in [1.82, 2.24) is 0 Å². The lowest BCUT2D eigenvalue weighted by molar-refractivity contribution is -0.0926. The lowest BCUT2D eigenvalue weighted by Crippen LogP contribution is -2.62. The molecule has 0 amide bonds. The van der Waals surface area contributed by atoms with E-state index >= 15 is 0 Å². The van der Waals surface area contributed by atoms with Crippen LogP contribution in [0.2, 0.25) is 0 Å². The molecule has 1 heteroatoms. The maximum absolute atomic E-state index is 7.90. The van der Waals surface area contributed by atoms with Gasteiger partial charge in [0.25, 0.3) is 0 Å². The topological polar surface area (TPSA) is 9.23 Å². The van der Waals surface area contributed by atoms with E-state index in [1.54, 1.807) is 0 Å². The Kier molecular flexibility index (Phi) is 2.36. The van der Waals surface area contributed by atoms with E-state index in [4.69, 9.17) is 4.74 Å². The van der Waals surface area contributed by atoms with Crippen LogP contribution in [0.5, 0.6) is 0 Å². The molecule has 6 aliphatic carbocycles. The normalized spacial score (nSPS) is 51.2. The second-order valence-electron chi connectivity index (χ2n) is 11.5. The van der Waals surface area contributed by atoms with Crippen molar-refractivity contribution < 1.29 is 4.74 Å². The Bertz CT molecular complexity index is 1310. The molecule has 11 rings (SSSR count). The van der Waals surface area contributed by atoms with E-state index in [1.165, 1.54) is 22.3 Å². The lowest BCUT2D eigenvalue weighted by atomic mass is 9.39. The van der Waals surface area contributed by atoms with Crippen LogP contribution >= 0.6 is 0 Å². The lowest BCUT2D eigenvalue weighted by Gasteiger charge is -2.60. The minimum atomic E-state index is -0.401. The van der Waals surface area contributed by atoms with Crippen molar-refractivity contribution >= 4 is 0 Å². The van der Waals surface area contributed by atoms with Crippen LogP contribution in [0.4, 0.5) is 0 Å². The molecular formula is C32H24O. The van der Waals surface area contributed by atoms with Crippen molar-refractivity contribution in [3.05, 3.63) is 131 Å². The molecule has 0 aromatic heterocycles. The maximum atomic E-state index is 7.90. The minimum absolute atomic E-state index is 0.0969. The third-order valence-electron chi connectivity index (χ3n) is 11.5. The summed E-state index contributed by atoms with van der Waals surface area (Å²) in [6.07, 6.45) is 10.5. The molecule has 3 aromatic rings. The van der Waals surface area contributed by atoms with Crippen molar-refractivity contribution in [3.63, 3.8) is 0 Å². The molecule has 4 unspecified atom stereocenters. The van der Waals surface area contributed by atoms with Crippen molar-refractivity contribution in [1.29, 1.82) is 0 Å². The fourth-order valence-electron chi connectivity index (χ4n) is 11.6. The van der Waals surface area contributed by atoms with Gasteiger partial charge in [-0.1, -0.05) is 109 Å². The first-order chi connectivity index (χ1) is 16.3. The quantitative estimate of drug-likeness (QED) is 0.454. The summed E-state index contributed by atoms with van der Waals surface area (Å²) in [7, 11) is 0. The zero-order chi connectivity index (χ0) is 21.2. The van der Waals surface area contributed by atoms with Crippen LogP contribution in [0.1, 0.15) is 22.3 Å². The highest BCUT2D eigenvalue weighted by atomic mass is 16.5. The predicted molar refractivity (Wildman–Crippen MR) is 126 cm³/mol. The van der Waals surface area contributed by atoms with Gasteiger partial charge in [-0.05, 0) is 57.8 Å². The molecule has 4 saturated carbocycles. The molecule has 5 fully saturated rings. The summed E-state index contributed by atoms with van der Waals surface area (Å²) in [5, 5.41) is 0. The number of hydrogen-bond donors (Lipinski definition) is 0. The van der Waals surface area contributed by atoms with Crippen LogP contribution in [0.15, 0.2) is 109 Å². The van der Waals surface area contributed by atoms with Gasteiger partial charge in [-0.25, -0.2) is 0 Å². The number of fused-ring (bicyclic) bond motifs is 5. The van der Waals surface area contributed by atoms with Crippen molar-refractivity contribution in [2.45, 2.75) is 11.2 Å². The van der Waals surface area contributed by atoms with E-state index in [0.29, 0.717) is 23.7 Å². The molecule has 1 saturated heterocycles. The van der Waals surface area contributed by atoms with Crippen molar-refractivity contribution in [2.75, 3.05) is 0 Å². The smallest absolute Gasteiger partial charge is 0.128 e. The highest BCUT2D eigenvalue weighted by Gasteiger charge is 3.02. The summed E-state index contributed by atoms with van der Waals surface area (Å²) >= 11 is 0. The Morgan fingerprint density at radius 3 is 1.21 bits per heavy atom. The van der Waals surface area contributed by atoms with Gasteiger partial charge in [0.15, 0.2) is 0 Å². The fraction of sp³-hybridized carbons (Fsp3) is 0.312. The molecule has 10 atom stereocenters. The third-order valence-corrected chi connectivity index (χ3v) is 11.5. The summed E-state index contributed by atoms with van der Waals surface area (Å²) in [5.74, 6) is 3.99. The molecule has 33 heavy (non-hydrogen) atoms. The summed E-state index contributed by atoms with van der Waals surface area (Å²) < 4.78 is 7.90. The van der Waals surface area contributed by atoms with Crippen LogP contribution in [0.3, 0.4) is 0 Å². The Balaban J connectivity index is 1.47. The van der Waals surface area contributed by atoms with Gasteiger partial charge in [-0.2, -0.15) is 0 Å². The van der Waals surface area contributed by atoms with E-state index in [-0.39, 0.29) is 10.8 Å². The highest BCUT2D eigenvalue weighted by molar-refractivity contribution is 5.69. The van der Waals surface area contributed by atoms with Crippen molar-refractivity contribution in [2.24, 2.45) is 46.3 Å². The van der Waals surface area contributed by atoms with Gasteiger partial charge in [-0.15, -0.1) is 0 Å². The van der Waals surface area contributed by atoms with Gasteiger partial charge in [0.1, 0.15) is 11.2 Å². The Labute approximate surface area is 193 Å². The van der Waals surface area contributed by atoms with Gasteiger partial charge in [0.2, 0.25) is 0 Å².